The van der Waals surface area contributed by atoms with Crippen LogP contribution in [0.1, 0.15) is 74.5 Å². The van der Waals surface area contributed by atoms with Crippen LogP contribution in [0.4, 0.5) is 0 Å². The largest absolute Gasteiger partial charge is 0.496 e. The zero-order valence-electron chi connectivity index (χ0n) is 19.2. The summed E-state index contributed by atoms with van der Waals surface area (Å²) in [6, 6.07) is 4.50. The molecule has 0 N–H and O–H groups in total. The van der Waals surface area contributed by atoms with Crippen molar-refractivity contribution in [3.63, 3.8) is 0 Å². The lowest BCUT2D eigenvalue weighted by Crippen LogP contribution is -2.25. The number of benzene rings is 1. The maximum atomic E-state index is 13.1. The molecule has 0 bridgehead atoms. The second kappa shape index (κ2) is 12.1. The van der Waals surface area contributed by atoms with E-state index in [1.807, 2.05) is 6.07 Å². The molecule has 1 aromatic heterocycles. The second-order valence-electron chi connectivity index (χ2n) is 8.14. The lowest BCUT2D eigenvalue weighted by Gasteiger charge is -2.26. The summed E-state index contributed by atoms with van der Waals surface area (Å²) in [4.78, 5) is 15.5. The Labute approximate surface area is 201 Å². The van der Waals surface area contributed by atoms with Gasteiger partial charge in [0, 0.05) is 23.7 Å². The van der Waals surface area contributed by atoms with Gasteiger partial charge in [-0.2, -0.15) is 0 Å². The average molecular weight is 516 g/mol. The van der Waals surface area contributed by atoms with Gasteiger partial charge in [0.25, 0.3) is 0 Å². The number of carbonyl (C=O) groups is 1. The topological polar surface area (TPSA) is 43.7 Å². The van der Waals surface area contributed by atoms with E-state index in [1.54, 1.807) is 7.11 Å². The number of hydrogen-bond donors (Lipinski definition) is 0. The summed E-state index contributed by atoms with van der Waals surface area (Å²) in [5, 5.41) is 0.923. The Balaban J connectivity index is 0.00000341. The van der Waals surface area contributed by atoms with Gasteiger partial charge in [-0.3, -0.25) is 0 Å². The summed E-state index contributed by atoms with van der Waals surface area (Å²) in [5.41, 5.74) is 2.78. The lowest BCUT2D eigenvalue weighted by atomic mass is 9.95. The Morgan fingerprint density at radius 1 is 1.19 bits per heavy atom. The summed E-state index contributed by atoms with van der Waals surface area (Å²) in [6.07, 6.45) is 6.95. The van der Waals surface area contributed by atoms with E-state index in [9.17, 15) is 4.79 Å². The van der Waals surface area contributed by atoms with Gasteiger partial charge in [0.05, 0.1) is 29.3 Å². The van der Waals surface area contributed by atoms with Gasteiger partial charge in [0.1, 0.15) is 5.75 Å². The van der Waals surface area contributed by atoms with E-state index in [4.69, 9.17) is 9.47 Å². The molecule has 1 aliphatic rings. The zero-order valence-corrected chi connectivity index (χ0v) is 21.6. The predicted octanol–water partition coefficient (Wildman–Crippen LogP) is 6.54. The van der Waals surface area contributed by atoms with Crippen LogP contribution in [0.3, 0.4) is 0 Å². The fourth-order valence-electron chi connectivity index (χ4n) is 4.73. The van der Waals surface area contributed by atoms with Gasteiger partial charge in [-0.15, -0.1) is 12.4 Å². The van der Waals surface area contributed by atoms with Crippen LogP contribution < -0.4 is 4.74 Å². The van der Waals surface area contributed by atoms with Crippen molar-refractivity contribution in [3.05, 3.63) is 27.9 Å². The normalized spacial score (nSPS) is 14.6. The molecular weight excluding hydrogens is 480 g/mol. The van der Waals surface area contributed by atoms with Crippen LogP contribution in [-0.2, 0) is 4.74 Å². The summed E-state index contributed by atoms with van der Waals surface area (Å²) < 4.78 is 14.5. The Morgan fingerprint density at radius 3 is 2.48 bits per heavy atom. The van der Waals surface area contributed by atoms with Crippen LogP contribution in [0.5, 0.6) is 5.75 Å². The average Bonchev–Trinajstić information content (AvgIpc) is 3.04. The van der Waals surface area contributed by atoms with Crippen LogP contribution in [0, 0.1) is 6.92 Å². The number of carbonyl (C=O) groups excluding carboxylic acids is 1. The molecule has 0 radical (unpaired) electrons. The fourth-order valence-corrected chi connectivity index (χ4v) is 5.22. The molecule has 2 aromatic rings. The van der Waals surface area contributed by atoms with E-state index in [0.29, 0.717) is 18.2 Å². The molecule has 1 aliphatic carbocycles. The lowest BCUT2D eigenvalue weighted by molar-refractivity contribution is 0.0490. The molecule has 7 heteroatoms. The first kappa shape index (κ1) is 26.0. The minimum Gasteiger partial charge on any atom is -0.496 e. The van der Waals surface area contributed by atoms with Crippen molar-refractivity contribution >= 4 is 45.2 Å². The Morgan fingerprint density at radius 2 is 1.87 bits per heavy atom. The first-order chi connectivity index (χ1) is 14.5. The number of ether oxygens (including phenoxy) is 2. The van der Waals surface area contributed by atoms with Gasteiger partial charge in [0.2, 0.25) is 0 Å². The number of rotatable bonds is 9. The molecule has 31 heavy (non-hydrogen) atoms. The molecule has 1 aromatic carbocycles. The Bertz CT molecular complexity index is 874. The van der Waals surface area contributed by atoms with Crippen LogP contribution in [-0.4, -0.2) is 48.8 Å². The number of halogens is 2. The molecule has 0 saturated heterocycles. The molecule has 174 valence electrons. The summed E-state index contributed by atoms with van der Waals surface area (Å²) in [5.74, 6) is 0.509. The van der Waals surface area contributed by atoms with Gasteiger partial charge in [-0.25, -0.2) is 4.79 Å². The van der Waals surface area contributed by atoms with E-state index >= 15 is 0 Å². The van der Waals surface area contributed by atoms with Crippen molar-refractivity contribution in [3.8, 4) is 5.75 Å². The molecule has 0 amide bonds. The first-order valence-corrected chi connectivity index (χ1v) is 12.1. The summed E-state index contributed by atoms with van der Waals surface area (Å²) >= 11 is 3.63. The van der Waals surface area contributed by atoms with E-state index in [1.165, 1.54) is 19.3 Å². The number of esters is 1. The summed E-state index contributed by atoms with van der Waals surface area (Å²) in [6.45, 7) is 9.80. The fraction of sp³-hybridized carbons (Fsp3) is 0.625. The smallest absolute Gasteiger partial charge is 0.340 e. The minimum atomic E-state index is -0.226. The molecular formula is C24H36BrClN2O3. The third kappa shape index (κ3) is 5.77. The van der Waals surface area contributed by atoms with E-state index in [2.05, 4.69) is 52.2 Å². The highest BCUT2D eigenvalue weighted by Crippen LogP contribution is 2.40. The standard InChI is InChI=1S/C24H35BrN2O3.ClH/c1-5-26(6-2)13-10-14-30-24(28)23-17(3)27(18-11-8-7-9-12-18)21-16-20(25)22(29-4)15-19(21)23;/h15-16,18H,5-14H2,1-4H3;1H. The Kier molecular flexibility index (Phi) is 10.2. The van der Waals surface area contributed by atoms with E-state index in [0.717, 1.165) is 65.7 Å². The van der Waals surface area contributed by atoms with Crippen molar-refractivity contribution in [2.75, 3.05) is 33.4 Å². The predicted molar refractivity (Wildman–Crippen MR) is 133 cm³/mol. The number of fused-ring (bicyclic) bond motifs is 1. The van der Waals surface area contributed by atoms with Gasteiger partial charge in [-0.1, -0.05) is 33.1 Å². The van der Waals surface area contributed by atoms with Gasteiger partial charge in [-0.05, 0) is 67.3 Å². The van der Waals surface area contributed by atoms with Crippen molar-refractivity contribution in [1.29, 1.82) is 0 Å². The number of hydrogen-bond acceptors (Lipinski definition) is 4. The van der Waals surface area contributed by atoms with Crippen molar-refractivity contribution < 1.29 is 14.3 Å². The molecule has 0 atom stereocenters. The number of nitrogens with zero attached hydrogens (tertiary/aromatic N) is 2. The number of methoxy groups -OCH3 is 1. The molecule has 1 heterocycles. The first-order valence-electron chi connectivity index (χ1n) is 11.3. The highest BCUT2D eigenvalue weighted by atomic mass is 79.9. The van der Waals surface area contributed by atoms with Crippen LogP contribution in [0.2, 0.25) is 0 Å². The quantitative estimate of drug-likeness (QED) is 0.281. The minimum absolute atomic E-state index is 0. The molecule has 0 spiro atoms. The zero-order chi connectivity index (χ0) is 21.7. The highest BCUT2D eigenvalue weighted by Gasteiger charge is 2.27. The van der Waals surface area contributed by atoms with Crippen LogP contribution in [0.25, 0.3) is 10.9 Å². The molecule has 5 nitrogen and oxygen atoms in total. The van der Waals surface area contributed by atoms with Crippen LogP contribution >= 0.6 is 28.3 Å². The summed E-state index contributed by atoms with van der Waals surface area (Å²) in [7, 11) is 1.65. The van der Waals surface area contributed by atoms with Crippen molar-refractivity contribution in [1.82, 2.24) is 9.47 Å². The monoisotopic (exact) mass is 514 g/mol. The van der Waals surface area contributed by atoms with E-state index < -0.39 is 0 Å². The van der Waals surface area contributed by atoms with E-state index in [-0.39, 0.29) is 18.4 Å². The van der Waals surface area contributed by atoms with Gasteiger partial charge >= 0.3 is 5.97 Å². The van der Waals surface area contributed by atoms with Crippen LogP contribution in [0.15, 0.2) is 16.6 Å². The number of aromatic nitrogens is 1. The third-order valence-electron chi connectivity index (χ3n) is 6.41. The molecule has 3 rings (SSSR count). The van der Waals surface area contributed by atoms with Crippen molar-refractivity contribution in [2.24, 2.45) is 0 Å². The molecule has 1 fully saturated rings. The maximum Gasteiger partial charge on any atom is 0.340 e. The van der Waals surface area contributed by atoms with Crippen molar-refractivity contribution in [2.45, 2.75) is 65.3 Å². The molecule has 0 aliphatic heterocycles. The van der Waals surface area contributed by atoms with Gasteiger partial charge in [0.15, 0.2) is 0 Å². The molecule has 1 saturated carbocycles. The second-order valence-corrected chi connectivity index (χ2v) is 9.00. The van der Waals surface area contributed by atoms with Gasteiger partial charge < -0.3 is 18.9 Å². The highest BCUT2D eigenvalue weighted by molar-refractivity contribution is 9.10. The SMILES string of the molecule is CCN(CC)CCCOC(=O)c1c(C)n(C2CCCCC2)c2cc(Br)c(OC)cc12.Cl. The Hall–Kier alpha value is -1.24. The molecule has 0 unspecified atom stereocenters. The third-order valence-corrected chi connectivity index (χ3v) is 7.03. The maximum absolute atomic E-state index is 13.1.